The summed E-state index contributed by atoms with van der Waals surface area (Å²) in [7, 11) is 1.61. The molecule has 0 aromatic heterocycles. The average molecular weight is 447 g/mol. The normalized spacial score (nSPS) is 12.8. The fourth-order valence-electron chi connectivity index (χ4n) is 4.34. The van der Waals surface area contributed by atoms with E-state index in [0.717, 1.165) is 68.9 Å². The van der Waals surface area contributed by atoms with Crippen molar-refractivity contribution in [1.29, 1.82) is 0 Å². The van der Waals surface area contributed by atoms with E-state index in [1.54, 1.807) is 13.2 Å². The fourth-order valence-corrected chi connectivity index (χ4v) is 4.34. The third-order valence-corrected chi connectivity index (χ3v) is 6.45. The predicted molar refractivity (Wildman–Crippen MR) is 130 cm³/mol. The maximum atomic E-state index is 12.0. The van der Waals surface area contributed by atoms with Crippen molar-refractivity contribution in [1.82, 2.24) is 0 Å². The Labute approximate surface area is 193 Å². The molecule has 2 unspecified atom stereocenters. The van der Waals surface area contributed by atoms with Crippen molar-refractivity contribution in [2.24, 2.45) is 11.8 Å². The van der Waals surface area contributed by atoms with Crippen molar-refractivity contribution in [2.75, 3.05) is 7.11 Å². The Morgan fingerprint density at radius 3 is 1.94 bits per heavy atom. The van der Waals surface area contributed by atoms with Gasteiger partial charge in [-0.05, 0) is 53.5 Å². The third-order valence-electron chi connectivity index (χ3n) is 6.45. The van der Waals surface area contributed by atoms with Crippen molar-refractivity contribution in [3.05, 3.63) is 34.9 Å². The molecule has 5 heteroatoms. The summed E-state index contributed by atoms with van der Waals surface area (Å²) in [6.07, 6.45) is 9.58. The smallest absolute Gasteiger partial charge is 0.343 e. The number of hydrogen-bond acceptors (Lipinski definition) is 3. The molecule has 0 spiro atoms. The number of carboxylic acids is 2. The van der Waals surface area contributed by atoms with Gasteiger partial charge in [-0.1, -0.05) is 85.1 Å². The Hall–Kier alpha value is -2.30. The van der Waals surface area contributed by atoms with Crippen molar-refractivity contribution in [3.63, 3.8) is 0 Å². The lowest BCUT2D eigenvalue weighted by atomic mass is 9.82. The highest BCUT2D eigenvalue weighted by atomic mass is 16.5. The second-order valence-corrected chi connectivity index (χ2v) is 8.73. The zero-order valence-electron chi connectivity index (χ0n) is 20.6. The van der Waals surface area contributed by atoms with Gasteiger partial charge < -0.3 is 14.9 Å². The molecule has 0 aliphatic heterocycles. The van der Waals surface area contributed by atoms with E-state index in [1.165, 1.54) is 0 Å². The van der Waals surface area contributed by atoms with Crippen LogP contribution in [0, 0.1) is 11.8 Å². The highest BCUT2D eigenvalue weighted by Crippen LogP contribution is 2.35. The van der Waals surface area contributed by atoms with Crippen molar-refractivity contribution in [2.45, 2.75) is 91.9 Å². The fraction of sp³-hybridized carbons (Fsp3) is 0.630. The SMILES string of the molecule is CCCCC(CC)CC(=C(C(=O)O)C(=O)O)c1ccc(OC)cc1CC(CC)CCCC. The van der Waals surface area contributed by atoms with Crippen LogP contribution in [0.5, 0.6) is 5.75 Å². The number of benzene rings is 1. The van der Waals surface area contributed by atoms with Gasteiger partial charge in [-0.2, -0.15) is 0 Å². The van der Waals surface area contributed by atoms with Gasteiger partial charge in [-0.25, -0.2) is 9.59 Å². The minimum absolute atomic E-state index is 0.246. The molecule has 5 nitrogen and oxygen atoms in total. The molecule has 1 aromatic carbocycles. The minimum atomic E-state index is -1.38. The number of allylic oxidation sites excluding steroid dienone is 1. The molecule has 0 radical (unpaired) electrons. The molecule has 0 aliphatic carbocycles. The molecule has 0 amide bonds. The summed E-state index contributed by atoms with van der Waals surface area (Å²) in [5, 5.41) is 19.6. The monoisotopic (exact) mass is 446 g/mol. The first-order valence-electron chi connectivity index (χ1n) is 12.2. The average Bonchev–Trinajstić information content (AvgIpc) is 2.77. The van der Waals surface area contributed by atoms with Gasteiger partial charge in [0.2, 0.25) is 0 Å². The van der Waals surface area contributed by atoms with Gasteiger partial charge in [-0.3, -0.25) is 0 Å². The number of hydrogen-bond donors (Lipinski definition) is 2. The summed E-state index contributed by atoms with van der Waals surface area (Å²) in [5.74, 6) is -1.34. The first-order chi connectivity index (χ1) is 15.3. The number of ether oxygens (including phenoxy) is 1. The van der Waals surface area contributed by atoms with Gasteiger partial charge in [-0.15, -0.1) is 0 Å². The molecular formula is C27H42O5. The third kappa shape index (κ3) is 8.33. The van der Waals surface area contributed by atoms with Crippen LogP contribution in [-0.4, -0.2) is 29.3 Å². The van der Waals surface area contributed by atoms with Crippen LogP contribution in [0.15, 0.2) is 23.8 Å². The Kier molecular flexibility index (Phi) is 12.7. The molecule has 0 bridgehead atoms. The summed E-state index contributed by atoms with van der Waals surface area (Å²) >= 11 is 0. The van der Waals surface area contributed by atoms with Crippen LogP contribution in [0.3, 0.4) is 0 Å². The summed E-state index contributed by atoms with van der Waals surface area (Å²) in [6.45, 7) is 8.57. The molecule has 0 saturated heterocycles. The molecule has 1 rings (SSSR count). The number of methoxy groups -OCH3 is 1. The Morgan fingerprint density at radius 2 is 1.47 bits per heavy atom. The summed E-state index contributed by atoms with van der Waals surface area (Å²) in [6, 6.07) is 5.62. The highest BCUT2D eigenvalue weighted by Gasteiger charge is 2.27. The zero-order chi connectivity index (χ0) is 24.1. The summed E-state index contributed by atoms with van der Waals surface area (Å²) in [4.78, 5) is 24.1. The topological polar surface area (TPSA) is 83.8 Å². The largest absolute Gasteiger partial charge is 0.497 e. The molecule has 2 atom stereocenters. The first kappa shape index (κ1) is 27.7. The first-order valence-corrected chi connectivity index (χ1v) is 12.2. The maximum Gasteiger partial charge on any atom is 0.343 e. The van der Waals surface area contributed by atoms with Gasteiger partial charge in [0.05, 0.1) is 7.11 Å². The molecule has 0 aliphatic rings. The van der Waals surface area contributed by atoms with E-state index in [1.807, 2.05) is 12.1 Å². The lowest BCUT2D eigenvalue weighted by Crippen LogP contribution is -2.17. The van der Waals surface area contributed by atoms with Crippen molar-refractivity contribution >= 4 is 17.5 Å². The van der Waals surface area contributed by atoms with E-state index in [2.05, 4.69) is 27.7 Å². The van der Waals surface area contributed by atoms with Crippen molar-refractivity contribution in [3.8, 4) is 5.75 Å². The molecule has 1 aromatic rings. The van der Waals surface area contributed by atoms with E-state index in [0.29, 0.717) is 23.7 Å². The van der Waals surface area contributed by atoms with Crippen LogP contribution >= 0.6 is 0 Å². The number of rotatable bonds is 16. The van der Waals surface area contributed by atoms with Crippen LogP contribution in [0.4, 0.5) is 0 Å². The molecule has 32 heavy (non-hydrogen) atoms. The molecule has 0 saturated carbocycles. The lowest BCUT2D eigenvalue weighted by Gasteiger charge is -2.23. The molecule has 0 fully saturated rings. The number of aliphatic carboxylic acids is 2. The Bertz CT molecular complexity index is 749. The molecular weight excluding hydrogens is 404 g/mol. The summed E-state index contributed by atoms with van der Waals surface area (Å²) in [5.41, 5.74) is 1.66. The standard InChI is InChI=1S/C27H42O5/c1-6-10-12-19(8-3)16-21-18-22(32-5)14-15-23(21)24(25(26(28)29)27(30)31)17-20(9-4)13-11-7-2/h14-15,18-20H,6-13,16-17H2,1-5H3,(H,28,29)(H,30,31). The van der Waals surface area contributed by atoms with E-state index >= 15 is 0 Å². The minimum Gasteiger partial charge on any atom is -0.497 e. The van der Waals surface area contributed by atoms with E-state index in [9.17, 15) is 19.8 Å². The second kappa shape index (κ2) is 14.7. The van der Waals surface area contributed by atoms with Gasteiger partial charge in [0.15, 0.2) is 0 Å². The van der Waals surface area contributed by atoms with Crippen LogP contribution < -0.4 is 4.74 Å². The number of carboxylic acid groups (broad SMARTS) is 2. The molecule has 2 N–H and O–H groups in total. The lowest BCUT2D eigenvalue weighted by molar-refractivity contribution is -0.140. The van der Waals surface area contributed by atoms with E-state index in [4.69, 9.17) is 4.74 Å². The predicted octanol–water partition coefficient (Wildman–Crippen LogP) is 6.98. The quantitative estimate of drug-likeness (QED) is 0.162. The molecule has 180 valence electrons. The van der Waals surface area contributed by atoms with E-state index < -0.39 is 17.5 Å². The van der Waals surface area contributed by atoms with Gasteiger partial charge in [0.1, 0.15) is 11.3 Å². The summed E-state index contributed by atoms with van der Waals surface area (Å²) < 4.78 is 5.45. The van der Waals surface area contributed by atoms with Crippen molar-refractivity contribution < 1.29 is 24.5 Å². The van der Waals surface area contributed by atoms with Gasteiger partial charge >= 0.3 is 11.9 Å². The molecule has 0 heterocycles. The maximum absolute atomic E-state index is 12.0. The number of carbonyl (C=O) groups is 2. The van der Waals surface area contributed by atoms with Crippen LogP contribution in [0.2, 0.25) is 0 Å². The number of unbranched alkanes of at least 4 members (excludes halogenated alkanes) is 2. The Balaban J connectivity index is 3.61. The zero-order valence-corrected chi connectivity index (χ0v) is 20.6. The van der Waals surface area contributed by atoms with Crippen LogP contribution in [-0.2, 0) is 16.0 Å². The van der Waals surface area contributed by atoms with Gasteiger partial charge in [0.25, 0.3) is 0 Å². The van der Waals surface area contributed by atoms with Gasteiger partial charge in [0, 0.05) is 0 Å². The van der Waals surface area contributed by atoms with E-state index in [-0.39, 0.29) is 5.92 Å². The van der Waals surface area contributed by atoms with Crippen LogP contribution in [0.1, 0.15) is 96.6 Å². The second-order valence-electron chi connectivity index (χ2n) is 8.73. The Morgan fingerprint density at radius 1 is 0.906 bits per heavy atom. The highest BCUT2D eigenvalue weighted by molar-refractivity contribution is 6.18. The van der Waals surface area contributed by atoms with Crippen LogP contribution in [0.25, 0.3) is 5.57 Å².